The van der Waals surface area contributed by atoms with Crippen molar-refractivity contribution in [1.82, 2.24) is 0 Å². The zero-order valence-electron chi connectivity index (χ0n) is 15.4. The van der Waals surface area contributed by atoms with E-state index in [0.717, 1.165) is 6.42 Å². The SMILES string of the molecule is CCOC(=O)/C(C)=C/[C@H](C)C[C@H](C)O[Si](C)(C)C(C)(C)C. The Morgan fingerprint density at radius 3 is 2.19 bits per heavy atom. The zero-order chi connectivity index (χ0) is 16.8. The van der Waals surface area contributed by atoms with Crippen molar-refractivity contribution in [3.8, 4) is 0 Å². The fraction of sp³-hybridized carbons (Fsp3) is 0.824. The Morgan fingerprint density at radius 1 is 1.24 bits per heavy atom. The third kappa shape index (κ3) is 7.27. The first-order chi connectivity index (χ1) is 9.40. The second kappa shape index (κ2) is 8.13. The first-order valence-corrected chi connectivity index (χ1v) is 10.8. The van der Waals surface area contributed by atoms with E-state index in [4.69, 9.17) is 9.16 Å². The quantitative estimate of drug-likeness (QED) is 0.379. The number of allylic oxidation sites excluding steroid dienone is 1. The molecule has 0 aliphatic carbocycles. The molecule has 21 heavy (non-hydrogen) atoms. The van der Waals surface area contributed by atoms with Gasteiger partial charge in [-0.3, -0.25) is 0 Å². The number of hydrogen-bond donors (Lipinski definition) is 0. The molecule has 0 aromatic carbocycles. The van der Waals surface area contributed by atoms with Crippen LogP contribution in [0.4, 0.5) is 0 Å². The van der Waals surface area contributed by atoms with Crippen molar-refractivity contribution in [3.05, 3.63) is 11.6 Å². The Morgan fingerprint density at radius 2 is 1.76 bits per heavy atom. The lowest BCUT2D eigenvalue weighted by molar-refractivity contribution is -0.138. The summed E-state index contributed by atoms with van der Waals surface area (Å²) in [5.41, 5.74) is 0.684. The summed E-state index contributed by atoms with van der Waals surface area (Å²) >= 11 is 0. The summed E-state index contributed by atoms with van der Waals surface area (Å²) < 4.78 is 11.4. The van der Waals surface area contributed by atoms with Crippen LogP contribution in [-0.4, -0.2) is 27.0 Å². The molecule has 0 radical (unpaired) electrons. The lowest BCUT2D eigenvalue weighted by atomic mass is 10.0. The maximum atomic E-state index is 11.6. The minimum atomic E-state index is -1.72. The molecule has 0 bridgehead atoms. The molecule has 0 rings (SSSR count). The van der Waals surface area contributed by atoms with Crippen LogP contribution in [0.15, 0.2) is 11.6 Å². The first-order valence-electron chi connectivity index (χ1n) is 7.94. The van der Waals surface area contributed by atoms with Gasteiger partial charge in [0.15, 0.2) is 8.32 Å². The van der Waals surface area contributed by atoms with Crippen molar-refractivity contribution in [2.45, 2.75) is 79.1 Å². The van der Waals surface area contributed by atoms with Gasteiger partial charge in [0.25, 0.3) is 0 Å². The van der Waals surface area contributed by atoms with Crippen LogP contribution in [0.3, 0.4) is 0 Å². The van der Waals surface area contributed by atoms with E-state index in [9.17, 15) is 4.79 Å². The van der Waals surface area contributed by atoms with E-state index in [2.05, 4.69) is 47.7 Å². The highest BCUT2D eigenvalue weighted by Gasteiger charge is 2.38. The number of carbonyl (C=O) groups excluding carboxylic acids is 1. The Kier molecular flexibility index (Phi) is 7.90. The fourth-order valence-corrected chi connectivity index (χ4v) is 3.51. The van der Waals surface area contributed by atoms with Crippen LogP contribution in [0.25, 0.3) is 0 Å². The molecule has 0 amide bonds. The van der Waals surface area contributed by atoms with Gasteiger partial charge in [-0.25, -0.2) is 4.79 Å². The van der Waals surface area contributed by atoms with Gasteiger partial charge >= 0.3 is 5.97 Å². The molecule has 124 valence electrons. The standard InChI is InChI=1S/C17H34O3Si/c1-10-19-16(18)14(3)11-13(2)12-15(4)20-21(8,9)17(5,6)7/h11,13,15H,10,12H2,1-9H3/b14-11+/t13-,15-/m0/s1. The Hall–Kier alpha value is -0.613. The number of rotatable bonds is 7. The van der Waals surface area contributed by atoms with E-state index in [1.807, 2.05) is 19.9 Å². The molecule has 3 nitrogen and oxygen atoms in total. The van der Waals surface area contributed by atoms with Gasteiger partial charge in [0.1, 0.15) is 0 Å². The van der Waals surface area contributed by atoms with Gasteiger partial charge in [0.2, 0.25) is 0 Å². The third-order valence-corrected chi connectivity index (χ3v) is 8.74. The molecule has 0 saturated carbocycles. The van der Waals surface area contributed by atoms with Crippen LogP contribution < -0.4 is 0 Å². The largest absolute Gasteiger partial charge is 0.463 e. The molecule has 0 unspecified atom stereocenters. The van der Waals surface area contributed by atoms with Crippen LogP contribution in [0.2, 0.25) is 18.1 Å². The Balaban J connectivity index is 4.56. The maximum Gasteiger partial charge on any atom is 0.333 e. The Labute approximate surface area is 132 Å². The highest BCUT2D eigenvalue weighted by molar-refractivity contribution is 6.74. The molecule has 0 fully saturated rings. The van der Waals surface area contributed by atoms with Crippen molar-refractivity contribution in [3.63, 3.8) is 0 Å². The highest BCUT2D eigenvalue weighted by atomic mass is 28.4. The highest BCUT2D eigenvalue weighted by Crippen LogP contribution is 2.37. The maximum absolute atomic E-state index is 11.6. The average molecular weight is 315 g/mol. The summed E-state index contributed by atoms with van der Waals surface area (Å²) in [5, 5.41) is 0.223. The molecule has 2 atom stereocenters. The summed E-state index contributed by atoms with van der Waals surface area (Å²) in [5.74, 6) is 0.0801. The van der Waals surface area contributed by atoms with Crippen LogP contribution in [0.5, 0.6) is 0 Å². The summed E-state index contributed by atoms with van der Waals surface area (Å²) in [6.45, 7) is 19.6. The van der Waals surface area contributed by atoms with E-state index in [0.29, 0.717) is 18.1 Å². The van der Waals surface area contributed by atoms with E-state index in [1.165, 1.54) is 0 Å². The lowest BCUT2D eigenvalue weighted by Crippen LogP contribution is -2.43. The Bertz CT molecular complexity index is 367. The topological polar surface area (TPSA) is 35.5 Å². The van der Waals surface area contributed by atoms with Gasteiger partial charge < -0.3 is 9.16 Å². The van der Waals surface area contributed by atoms with Crippen LogP contribution >= 0.6 is 0 Å². The van der Waals surface area contributed by atoms with Gasteiger partial charge in [0, 0.05) is 11.7 Å². The number of hydrogen-bond acceptors (Lipinski definition) is 3. The molecule has 0 aliphatic rings. The van der Waals surface area contributed by atoms with Gasteiger partial charge in [-0.05, 0) is 51.2 Å². The van der Waals surface area contributed by atoms with Crippen molar-refractivity contribution < 1.29 is 14.0 Å². The second-order valence-corrected chi connectivity index (χ2v) is 12.2. The van der Waals surface area contributed by atoms with Crippen molar-refractivity contribution in [2.75, 3.05) is 6.61 Å². The number of esters is 1. The monoisotopic (exact) mass is 314 g/mol. The minimum Gasteiger partial charge on any atom is -0.463 e. The lowest BCUT2D eigenvalue weighted by Gasteiger charge is -2.38. The van der Waals surface area contributed by atoms with Gasteiger partial charge in [0.05, 0.1) is 6.61 Å². The van der Waals surface area contributed by atoms with E-state index < -0.39 is 8.32 Å². The molecule has 0 heterocycles. The van der Waals surface area contributed by atoms with E-state index in [-0.39, 0.29) is 17.1 Å². The molecule has 4 heteroatoms. The predicted molar refractivity (Wildman–Crippen MR) is 91.9 cm³/mol. The van der Waals surface area contributed by atoms with Crippen molar-refractivity contribution in [2.24, 2.45) is 5.92 Å². The van der Waals surface area contributed by atoms with Crippen LogP contribution in [0, 0.1) is 5.92 Å². The third-order valence-electron chi connectivity index (χ3n) is 4.14. The normalized spacial score (nSPS) is 16.5. The molecular weight excluding hydrogens is 280 g/mol. The molecule has 0 aromatic rings. The van der Waals surface area contributed by atoms with E-state index >= 15 is 0 Å². The summed E-state index contributed by atoms with van der Waals surface area (Å²) in [7, 11) is -1.72. The summed E-state index contributed by atoms with van der Waals surface area (Å²) in [4.78, 5) is 11.6. The fourth-order valence-electron chi connectivity index (χ4n) is 2.06. The molecule has 0 spiro atoms. The first kappa shape index (κ1) is 20.4. The summed E-state index contributed by atoms with van der Waals surface area (Å²) in [6.07, 6.45) is 3.11. The van der Waals surface area contributed by atoms with Crippen LogP contribution in [-0.2, 0) is 14.0 Å². The molecule has 0 saturated heterocycles. The summed E-state index contributed by atoms with van der Waals surface area (Å²) in [6, 6.07) is 0. The van der Waals surface area contributed by atoms with Gasteiger partial charge in [-0.2, -0.15) is 0 Å². The van der Waals surface area contributed by atoms with Crippen LogP contribution in [0.1, 0.15) is 54.9 Å². The zero-order valence-corrected chi connectivity index (χ0v) is 16.4. The average Bonchev–Trinajstić information content (AvgIpc) is 2.26. The van der Waals surface area contributed by atoms with Crippen molar-refractivity contribution in [1.29, 1.82) is 0 Å². The second-order valence-electron chi connectivity index (χ2n) is 7.47. The number of ether oxygens (including phenoxy) is 1. The van der Waals surface area contributed by atoms with E-state index in [1.54, 1.807) is 0 Å². The molecule has 0 aromatic heterocycles. The van der Waals surface area contributed by atoms with Gasteiger partial charge in [-0.1, -0.05) is 33.8 Å². The molecular formula is C17H34O3Si. The smallest absolute Gasteiger partial charge is 0.333 e. The number of carbonyl (C=O) groups is 1. The van der Waals surface area contributed by atoms with Crippen molar-refractivity contribution >= 4 is 14.3 Å². The molecule has 0 N–H and O–H groups in total. The predicted octanol–water partition coefficient (Wildman–Crippen LogP) is 4.93. The minimum absolute atomic E-state index is 0.201. The molecule has 0 aliphatic heterocycles. The van der Waals surface area contributed by atoms with Gasteiger partial charge in [-0.15, -0.1) is 0 Å².